The Balaban J connectivity index is 1.73. The van der Waals surface area contributed by atoms with Crippen LogP contribution in [0.25, 0.3) is 0 Å². The molecule has 0 atom stereocenters. The highest BCUT2D eigenvalue weighted by Gasteiger charge is 2.36. The predicted molar refractivity (Wildman–Crippen MR) is 82.4 cm³/mol. The van der Waals surface area contributed by atoms with Crippen molar-refractivity contribution in [2.75, 3.05) is 0 Å². The molecule has 0 N–H and O–H groups in total. The van der Waals surface area contributed by atoms with Gasteiger partial charge in [0, 0.05) is 33.3 Å². The molecule has 1 aromatic heterocycles. The van der Waals surface area contributed by atoms with Crippen LogP contribution in [0.1, 0.15) is 60.1 Å². The first-order chi connectivity index (χ1) is 9.72. The van der Waals surface area contributed by atoms with E-state index in [0.29, 0.717) is 11.8 Å². The van der Waals surface area contributed by atoms with Gasteiger partial charge in [-0.25, -0.2) is 0 Å². The van der Waals surface area contributed by atoms with Crippen LogP contribution in [-0.2, 0) is 6.42 Å². The van der Waals surface area contributed by atoms with Gasteiger partial charge in [-0.05, 0) is 49.4 Å². The number of nitrogens with zero attached hydrogens (tertiary/aromatic N) is 1. The summed E-state index contributed by atoms with van der Waals surface area (Å²) >= 11 is 9.75. The lowest BCUT2D eigenvalue weighted by molar-refractivity contribution is 0.377. The fourth-order valence-corrected chi connectivity index (χ4v) is 3.31. The van der Waals surface area contributed by atoms with Crippen LogP contribution >= 0.6 is 27.5 Å². The van der Waals surface area contributed by atoms with Gasteiger partial charge in [0.1, 0.15) is 5.76 Å². The molecular formula is C16H15BrClNO. The monoisotopic (exact) mass is 351 g/mol. The average Bonchev–Trinajstić information content (AvgIpc) is 3.33. The van der Waals surface area contributed by atoms with Gasteiger partial charge in [0.25, 0.3) is 0 Å². The lowest BCUT2D eigenvalue weighted by atomic mass is 9.99. The summed E-state index contributed by atoms with van der Waals surface area (Å²) in [6, 6.07) is 5.96. The topological polar surface area (TPSA) is 26.0 Å². The Morgan fingerprint density at radius 2 is 1.95 bits per heavy atom. The first-order valence-corrected chi connectivity index (χ1v) is 8.31. The number of rotatable bonds is 4. The molecule has 0 amide bonds. The molecule has 2 aliphatic carbocycles. The Kier molecular flexibility index (Phi) is 3.15. The minimum atomic E-state index is 0.600. The molecule has 0 aliphatic heterocycles. The van der Waals surface area contributed by atoms with Crippen molar-refractivity contribution in [1.82, 2.24) is 5.16 Å². The van der Waals surface area contributed by atoms with Gasteiger partial charge in [-0.1, -0.05) is 32.7 Å². The van der Waals surface area contributed by atoms with Gasteiger partial charge in [-0.2, -0.15) is 0 Å². The molecular weight excluding hydrogens is 338 g/mol. The summed E-state index contributed by atoms with van der Waals surface area (Å²) < 4.78 is 6.77. The highest BCUT2D eigenvalue weighted by atomic mass is 79.9. The summed E-state index contributed by atoms with van der Waals surface area (Å²) in [7, 11) is 0. The van der Waals surface area contributed by atoms with Crippen LogP contribution in [-0.4, -0.2) is 5.16 Å². The van der Waals surface area contributed by atoms with Gasteiger partial charge in [0.2, 0.25) is 0 Å². The third-order valence-corrected chi connectivity index (χ3v) is 5.14. The van der Waals surface area contributed by atoms with E-state index in [-0.39, 0.29) is 0 Å². The number of aromatic nitrogens is 1. The zero-order chi connectivity index (χ0) is 13.7. The summed E-state index contributed by atoms with van der Waals surface area (Å²) in [5.41, 5.74) is 3.72. The average molecular weight is 353 g/mol. The van der Waals surface area contributed by atoms with E-state index in [0.717, 1.165) is 21.7 Å². The van der Waals surface area contributed by atoms with Crippen molar-refractivity contribution < 1.29 is 4.52 Å². The Hall–Kier alpha value is -0.800. The molecule has 1 aromatic carbocycles. The minimum Gasteiger partial charge on any atom is -0.361 e. The molecule has 2 aliphatic rings. The highest BCUT2D eigenvalue weighted by Crippen LogP contribution is 2.48. The number of hydrogen-bond acceptors (Lipinski definition) is 2. The molecule has 0 radical (unpaired) electrons. The van der Waals surface area contributed by atoms with Gasteiger partial charge < -0.3 is 4.52 Å². The number of hydrogen-bond donors (Lipinski definition) is 0. The van der Waals surface area contributed by atoms with E-state index in [9.17, 15) is 0 Å². The van der Waals surface area contributed by atoms with Crippen molar-refractivity contribution in [3.63, 3.8) is 0 Å². The van der Waals surface area contributed by atoms with E-state index >= 15 is 0 Å². The van der Waals surface area contributed by atoms with Crippen LogP contribution in [0.4, 0.5) is 0 Å². The largest absolute Gasteiger partial charge is 0.361 e. The predicted octanol–water partition coefficient (Wildman–Crippen LogP) is 5.44. The van der Waals surface area contributed by atoms with Gasteiger partial charge in [0.05, 0.1) is 5.69 Å². The SMILES string of the molecule is Clc1ccc(Br)c(Cc2c(C3CC3)noc2C2CC2)c1. The standard InChI is InChI=1S/C16H15BrClNO/c17-14-6-5-12(18)7-11(14)8-13-15(9-1-2-9)19-20-16(13)10-3-4-10/h5-7,9-10H,1-4,8H2. The first-order valence-electron chi connectivity index (χ1n) is 7.14. The smallest absolute Gasteiger partial charge is 0.143 e. The second kappa shape index (κ2) is 4.88. The third-order valence-electron chi connectivity index (χ3n) is 4.14. The molecule has 1 heterocycles. The fraction of sp³-hybridized carbons (Fsp3) is 0.438. The van der Waals surface area contributed by atoms with Crippen molar-refractivity contribution in [2.45, 2.75) is 43.9 Å². The Labute approximate surface area is 131 Å². The van der Waals surface area contributed by atoms with Crippen LogP contribution < -0.4 is 0 Å². The van der Waals surface area contributed by atoms with Crippen molar-refractivity contribution in [3.8, 4) is 0 Å². The van der Waals surface area contributed by atoms with Crippen LogP contribution in [0.2, 0.25) is 5.02 Å². The fourth-order valence-electron chi connectivity index (χ4n) is 2.73. The van der Waals surface area contributed by atoms with E-state index in [1.54, 1.807) is 0 Å². The van der Waals surface area contributed by atoms with E-state index < -0.39 is 0 Å². The number of benzene rings is 1. The molecule has 0 bridgehead atoms. The summed E-state index contributed by atoms with van der Waals surface area (Å²) in [5.74, 6) is 2.35. The Morgan fingerprint density at radius 3 is 2.65 bits per heavy atom. The lowest BCUT2D eigenvalue weighted by Gasteiger charge is -2.07. The highest BCUT2D eigenvalue weighted by molar-refractivity contribution is 9.10. The van der Waals surface area contributed by atoms with Gasteiger partial charge in [-0.3, -0.25) is 0 Å². The Bertz CT molecular complexity index is 629. The van der Waals surface area contributed by atoms with Crippen molar-refractivity contribution in [2.24, 2.45) is 0 Å². The molecule has 104 valence electrons. The summed E-state index contributed by atoms with van der Waals surface area (Å²) in [6.45, 7) is 0. The molecule has 2 aromatic rings. The molecule has 0 saturated heterocycles. The van der Waals surface area contributed by atoms with Crippen LogP contribution in [0.3, 0.4) is 0 Å². The summed E-state index contributed by atoms with van der Waals surface area (Å²) in [6.07, 6.45) is 5.84. The summed E-state index contributed by atoms with van der Waals surface area (Å²) in [4.78, 5) is 0. The maximum atomic E-state index is 6.13. The third kappa shape index (κ3) is 2.42. The van der Waals surface area contributed by atoms with E-state index in [4.69, 9.17) is 16.1 Å². The molecule has 20 heavy (non-hydrogen) atoms. The van der Waals surface area contributed by atoms with Crippen LogP contribution in [0.5, 0.6) is 0 Å². The van der Waals surface area contributed by atoms with Crippen LogP contribution in [0, 0.1) is 0 Å². The molecule has 2 saturated carbocycles. The quantitative estimate of drug-likeness (QED) is 0.732. The molecule has 4 rings (SSSR count). The first kappa shape index (κ1) is 12.9. The second-order valence-electron chi connectivity index (χ2n) is 5.87. The maximum absolute atomic E-state index is 6.13. The van der Waals surface area contributed by atoms with Gasteiger partial charge in [0.15, 0.2) is 0 Å². The normalized spacial score (nSPS) is 18.5. The molecule has 0 unspecified atom stereocenters. The molecule has 0 spiro atoms. The van der Waals surface area contributed by atoms with E-state index in [1.807, 2.05) is 18.2 Å². The van der Waals surface area contributed by atoms with E-state index in [1.165, 1.54) is 42.5 Å². The minimum absolute atomic E-state index is 0.600. The van der Waals surface area contributed by atoms with E-state index in [2.05, 4.69) is 21.1 Å². The lowest BCUT2D eigenvalue weighted by Crippen LogP contribution is -1.96. The van der Waals surface area contributed by atoms with Gasteiger partial charge >= 0.3 is 0 Å². The van der Waals surface area contributed by atoms with Crippen molar-refractivity contribution in [3.05, 3.63) is 50.3 Å². The Morgan fingerprint density at radius 1 is 1.20 bits per heavy atom. The maximum Gasteiger partial charge on any atom is 0.143 e. The van der Waals surface area contributed by atoms with Crippen molar-refractivity contribution >= 4 is 27.5 Å². The zero-order valence-corrected chi connectivity index (χ0v) is 13.4. The summed E-state index contributed by atoms with van der Waals surface area (Å²) in [5, 5.41) is 5.14. The molecule has 2 nitrogen and oxygen atoms in total. The zero-order valence-electron chi connectivity index (χ0n) is 11.0. The van der Waals surface area contributed by atoms with Crippen molar-refractivity contribution in [1.29, 1.82) is 0 Å². The second-order valence-corrected chi connectivity index (χ2v) is 7.16. The molecule has 2 fully saturated rings. The molecule has 4 heteroatoms. The van der Waals surface area contributed by atoms with Crippen LogP contribution in [0.15, 0.2) is 27.2 Å². The van der Waals surface area contributed by atoms with Gasteiger partial charge in [-0.15, -0.1) is 0 Å². The number of halogens is 2.